The van der Waals surface area contributed by atoms with Crippen molar-refractivity contribution >= 4 is 58.0 Å². The molecule has 0 saturated heterocycles. The molecular formula is C6H11S6-. The smallest absolute Gasteiger partial charge is 0.00354 e. The van der Waals surface area contributed by atoms with Gasteiger partial charge in [-0.15, -0.1) is 0 Å². The lowest BCUT2D eigenvalue weighted by atomic mass is 10.0. The van der Waals surface area contributed by atoms with Crippen molar-refractivity contribution in [1.29, 1.82) is 0 Å². The standard InChI is InChI=1S/C6H11S6/c7-11(8)12(9,10)6-4-2-1-3-5-6/h6H,1-5H2/q-1. The van der Waals surface area contributed by atoms with Crippen LogP contribution in [0.5, 0.6) is 0 Å². The second-order valence-corrected chi connectivity index (χ2v) is 16.5. The molecule has 0 aliphatic heterocycles. The van der Waals surface area contributed by atoms with Crippen molar-refractivity contribution in [3.8, 4) is 0 Å². The van der Waals surface area contributed by atoms with Crippen molar-refractivity contribution in [2.45, 2.75) is 37.4 Å². The zero-order chi connectivity index (χ0) is 9.19. The fourth-order valence-corrected chi connectivity index (χ4v) is 7.00. The Kier molecular flexibility index (Phi) is 4.75. The Labute approximate surface area is 94.5 Å². The second kappa shape index (κ2) is 4.89. The summed E-state index contributed by atoms with van der Waals surface area (Å²) in [5.41, 5.74) is 0. The molecule has 0 nitrogen and oxygen atoms in total. The molecule has 0 N–H and O–H groups in total. The van der Waals surface area contributed by atoms with Crippen LogP contribution in [-0.4, -0.2) is 5.25 Å². The average molecular weight is 276 g/mol. The summed E-state index contributed by atoms with van der Waals surface area (Å²) < 4.78 is 0. The zero-order valence-corrected chi connectivity index (χ0v) is 11.5. The number of rotatable bonds is 2. The van der Waals surface area contributed by atoms with E-state index in [2.05, 4.69) is 0 Å². The van der Waals surface area contributed by atoms with Crippen molar-refractivity contribution in [3.63, 3.8) is 0 Å². The van der Waals surface area contributed by atoms with E-state index in [0.29, 0.717) is 5.25 Å². The predicted octanol–water partition coefficient (Wildman–Crippen LogP) is 1.85. The molecule has 0 atom stereocenters. The van der Waals surface area contributed by atoms with Gasteiger partial charge in [0.2, 0.25) is 0 Å². The van der Waals surface area contributed by atoms with Crippen molar-refractivity contribution in [1.82, 2.24) is 0 Å². The van der Waals surface area contributed by atoms with E-state index in [1.54, 1.807) is 0 Å². The first-order valence-corrected chi connectivity index (χ1v) is 11.0. The summed E-state index contributed by atoms with van der Waals surface area (Å²) in [6.07, 6.45) is 4.76. The maximum Gasteiger partial charge on any atom is -0.00354 e. The van der Waals surface area contributed by atoms with E-state index in [-0.39, 0.29) is 0 Å². The first kappa shape index (κ1) is 11.7. The Bertz CT molecular complexity index is 295. The van der Waals surface area contributed by atoms with Gasteiger partial charge in [0, 0.05) is 0 Å². The highest BCUT2D eigenvalue weighted by Gasteiger charge is 2.15. The average Bonchev–Trinajstić information content (AvgIpc) is 2.06. The third kappa shape index (κ3) is 2.78. The lowest BCUT2D eigenvalue weighted by molar-refractivity contribution is 0.516. The van der Waals surface area contributed by atoms with Crippen LogP contribution >= 0.6 is 0 Å². The lowest BCUT2D eigenvalue weighted by Crippen LogP contribution is -2.22. The Morgan fingerprint density at radius 2 is 1.50 bits per heavy atom. The van der Waals surface area contributed by atoms with Gasteiger partial charge in [0.15, 0.2) is 0 Å². The topological polar surface area (TPSA) is 0 Å². The minimum atomic E-state index is -1.48. The van der Waals surface area contributed by atoms with Gasteiger partial charge in [-0.25, -0.2) is 22.4 Å². The summed E-state index contributed by atoms with van der Waals surface area (Å²) in [4.78, 5) is 0. The van der Waals surface area contributed by atoms with Gasteiger partial charge in [-0.05, 0) is 18.1 Å². The molecule has 0 radical (unpaired) electrons. The molecule has 0 unspecified atom stereocenters. The summed E-state index contributed by atoms with van der Waals surface area (Å²) >= 11 is 20.9. The highest BCUT2D eigenvalue weighted by Crippen LogP contribution is 2.25. The van der Waals surface area contributed by atoms with Crippen molar-refractivity contribution in [2.75, 3.05) is 0 Å². The van der Waals surface area contributed by atoms with E-state index in [4.69, 9.17) is 44.8 Å². The van der Waals surface area contributed by atoms with Crippen LogP contribution in [0.15, 0.2) is 0 Å². The van der Waals surface area contributed by atoms with Crippen LogP contribution < -0.4 is 0 Å². The van der Waals surface area contributed by atoms with E-state index in [0.717, 1.165) is 0 Å². The quantitative estimate of drug-likeness (QED) is 0.557. The molecule has 0 aromatic rings. The number of hydrogen-bond acceptors (Lipinski definition) is 5. The van der Waals surface area contributed by atoms with Crippen molar-refractivity contribution in [2.24, 2.45) is 0 Å². The Balaban J connectivity index is 2.81. The molecule has 1 aliphatic carbocycles. The van der Waals surface area contributed by atoms with E-state index < -0.39 is 13.2 Å². The van der Waals surface area contributed by atoms with Crippen LogP contribution in [0, 0.1) is 0 Å². The van der Waals surface area contributed by atoms with Gasteiger partial charge >= 0.3 is 0 Å². The van der Waals surface area contributed by atoms with Crippen LogP contribution in [-0.2, 0) is 58.0 Å². The van der Waals surface area contributed by atoms with Crippen LogP contribution in [0.25, 0.3) is 0 Å². The minimum Gasteiger partial charge on any atom is -0.281 e. The molecule has 0 aromatic carbocycles. The fourth-order valence-electron chi connectivity index (χ4n) is 1.46. The largest absolute Gasteiger partial charge is 0.281 e. The van der Waals surface area contributed by atoms with Gasteiger partial charge in [-0.1, -0.05) is 41.6 Å². The number of hydrogen-bond donors (Lipinski definition) is 0. The fraction of sp³-hybridized carbons (Fsp3) is 1.00. The van der Waals surface area contributed by atoms with Gasteiger partial charge in [-0.3, -0.25) is 7.05 Å². The Hall–Kier alpha value is 1.58. The zero-order valence-electron chi connectivity index (χ0n) is 6.56. The highest BCUT2D eigenvalue weighted by molar-refractivity contribution is 9.05. The summed E-state index contributed by atoms with van der Waals surface area (Å²) in [6, 6.07) is 0. The molecule has 1 aliphatic rings. The van der Waals surface area contributed by atoms with Crippen LogP contribution in [0.2, 0.25) is 0 Å². The SMILES string of the molecule is S=[S-](=S)S(=S)(=S)C1CCCCC1. The third-order valence-electron chi connectivity index (χ3n) is 2.15. The molecule has 6 heteroatoms. The normalized spacial score (nSPS) is 21.4. The molecular weight excluding hydrogens is 264 g/mol. The van der Waals surface area contributed by atoms with Gasteiger partial charge in [0.1, 0.15) is 0 Å². The summed E-state index contributed by atoms with van der Waals surface area (Å²) in [6.45, 7) is 0. The van der Waals surface area contributed by atoms with Gasteiger partial charge in [-0.2, -0.15) is 6.18 Å². The van der Waals surface area contributed by atoms with Crippen molar-refractivity contribution < 1.29 is 0 Å². The molecule has 1 fully saturated rings. The first-order valence-electron chi connectivity index (χ1n) is 3.89. The maximum atomic E-state index is 5.39. The molecule has 72 valence electrons. The molecule has 12 heavy (non-hydrogen) atoms. The molecule has 0 heterocycles. The molecule has 0 spiro atoms. The lowest BCUT2D eigenvalue weighted by Gasteiger charge is -2.29. The third-order valence-corrected chi connectivity index (χ3v) is 16.8. The highest BCUT2D eigenvalue weighted by atomic mass is 33.7. The van der Waals surface area contributed by atoms with Crippen LogP contribution in [0.4, 0.5) is 0 Å². The minimum absolute atomic E-state index is 0.509. The van der Waals surface area contributed by atoms with E-state index in [1.165, 1.54) is 32.1 Å². The first-order chi connectivity index (χ1) is 5.55. The molecule has 1 saturated carbocycles. The van der Waals surface area contributed by atoms with Crippen LogP contribution in [0.3, 0.4) is 0 Å². The molecule has 0 amide bonds. The van der Waals surface area contributed by atoms with Crippen molar-refractivity contribution in [3.05, 3.63) is 0 Å². The van der Waals surface area contributed by atoms with E-state index in [9.17, 15) is 0 Å². The van der Waals surface area contributed by atoms with Gasteiger partial charge < -0.3 is 0 Å². The monoisotopic (exact) mass is 275 g/mol. The summed E-state index contributed by atoms with van der Waals surface area (Å²) in [7, 11) is -0.544. The predicted molar refractivity (Wildman–Crippen MR) is 71.1 cm³/mol. The molecule has 1 rings (SSSR count). The second-order valence-electron chi connectivity index (χ2n) is 2.96. The molecule has 0 bridgehead atoms. The van der Waals surface area contributed by atoms with Gasteiger partial charge in [0.05, 0.1) is 0 Å². The Morgan fingerprint density at radius 3 is 1.92 bits per heavy atom. The Morgan fingerprint density at radius 1 is 1.00 bits per heavy atom. The van der Waals surface area contributed by atoms with Gasteiger partial charge in [0.25, 0.3) is 0 Å². The van der Waals surface area contributed by atoms with E-state index in [1.807, 2.05) is 0 Å². The summed E-state index contributed by atoms with van der Waals surface area (Å²) in [5, 5.41) is 0.509. The summed E-state index contributed by atoms with van der Waals surface area (Å²) in [5.74, 6) is 0. The molecule has 0 aromatic heterocycles. The van der Waals surface area contributed by atoms with Crippen LogP contribution in [0.1, 0.15) is 32.1 Å². The van der Waals surface area contributed by atoms with E-state index >= 15 is 0 Å². The maximum absolute atomic E-state index is 5.39.